The van der Waals surface area contributed by atoms with Gasteiger partial charge in [-0.15, -0.1) is 0 Å². The average Bonchev–Trinajstić information content (AvgIpc) is 2.90. The minimum atomic E-state index is -4.50. The Labute approximate surface area is 137 Å². The number of halogens is 3. The number of benzene rings is 2. The lowest BCUT2D eigenvalue weighted by Crippen LogP contribution is -2.39. The van der Waals surface area contributed by atoms with Crippen molar-refractivity contribution in [1.82, 2.24) is 5.32 Å². The van der Waals surface area contributed by atoms with Gasteiger partial charge in [0, 0.05) is 5.56 Å². The number of rotatable bonds is 3. The minimum Gasteiger partial charge on any atom is -0.383 e. The SMILES string of the molecule is O=C(NC[C@@]1(O)CCc2ccccc21)c1cccc(C(F)(F)F)c1. The Morgan fingerprint density at radius 2 is 1.92 bits per heavy atom. The molecule has 0 fully saturated rings. The summed E-state index contributed by atoms with van der Waals surface area (Å²) in [5.74, 6) is -0.640. The standard InChI is InChI=1S/C18H16F3NO2/c19-18(20,21)14-6-3-5-13(10-14)16(23)22-11-17(24)9-8-12-4-1-2-7-15(12)17/h1-7,10,24H,8-9,11H2,(H,22,23)/t17-/m0/s1. The molecule has 6 heteroatoms. The molecule has 2 aromatic carbocycles. The summed E-state index contributed by atoms with van der Waals surface area (Å²) >= 11 is 0. The molecule has 0 bridgehead atoms. The number of hydrogen-bond acceptors (Lipinski definition) is 2. The Kier molecular flexibility index (Phi) is 4.09. The summed E-state index contributed by atoms with van der Waals surface area (Å²) in [5, 5.41) is 13.3. The fourth-order valence-electron chi connectivity index (χ4n) is 3.02. The third-order valence-corrected chi connectivity index (χ3v) is 4.32. The van der Waals surface area contributed by atoms with Gasteiger partial charge in [0.15, 0.2) is 0 Å². The van der Waals surface area contributed by atoms with E-state index in [1.54, 1.807) is 6.07 Å². The van der Waals surface area contributed by atoms with Gasteiger partial charge in [0.1, 0.15) is 5.60 Å². The quantitative estimate of drug-likeness (QED) is 0.904. The van der Waals surface area contributed by atoms with Crippen LogP contribution in [0, 0.1) is 0 Å². The number of hydrogen-bond donors (Lipinski definition) is 2. The van der Waals surface area contributed by atoms with Crippen molar-refractivity contribution in [2.45, 2.75) is 24.6 Å². The number of amides is 1. The predicted octanol–water partition coefficient (Wildman–Crippen LogP) is 3.27. The molecule has 0 aliphatic heterocycles. The third kappa shape index (κ3) is 3.14. The first-order chi connectivity index (χ1) is 11.3. The van der Waals surface area contributed by atoms with Crippen LogP contribution in [0.3, 0.4) is 0 Å². The van der Waals surface area contributed by atoms with Gasteiger partial charge in [-0.3, -0.25) is 4.79 Å². The summed E-state index contributed by atoms with van der Waals surface area (Å²) in [6, 6.07) is 11.6. The molecule has 3 rings (SSSR count). The van der Waals surface area contributed by atoms with Crippen LogP contribution >= 0.6 is 0 Å². The van der Waals surface area contributed by atoms with E-state index >= 15 is 0 Å². The summed E-state index contributed by atoms with van der Waals surface area (Å²) in [7, 11) is 0. The van der Waals surface area contributed by atoms with Crippen molar-refractivity contribution in [3.05, 3.63) is 70.8 Å². The number of carbonyl (C=O) groups is 1. The highest BCUT2D eigenvalue weighted by atomic mass is 19.4. The highest BCUT2D eigenvalue weighted by Crippen LogP contribution is 2.36. The lowest BCUT2D eigenvalue weighted by molar-refractivity contribution is -0.137. The van der Waals surface area contributed by atoms with Crippen molar-refractivity contribution >= 4 is 5.91 Å². The zero-order chi connectivity index (χ0) is 17.4. The van der Waals surface area contributed by atoms with Gasteiger partial charge in [0.2, 0.25) is 0 Å². The molecular weight excluding hydrogens is 319 g/mol. The predicted molar refractivity (Wildman–Crippen MR) is 82.4 cm³/mol. The molecule has 24 heavy (non-hydrogen) atoms. The highest BCUT2D eigenvalue weighted by Gasteiger charge is 2.37. The molecule has 0 aromatic heterocycles. The molecule has 2 N–H and O–H groups in total. The zero-order valence-corrected chi connectivity index (χ0v) is 12.7. The van der Waals surface area contributed by atoms with Crippen LogP contribution in [0.1, 0.15) is 33.5 Å². The first kappa shape index (κ1) is 16.5. The van der Waals surface area contributed by atoms with E-state index in [0.717, 1.165) is 23.3 Å². The first-order valence-corrected chi connectivity index (χ1v) is 7.56. The first-order valence-electron chi connectivity index (χ1n) is 7.56. The van der Waals surface area contributed by atoms with Crippen LogP contribution in [-0.2, 0) is 18.2 Å². The maximum absolute atomic E-state index is 12.7. The molecule has 1 amide bonds. The Balaban J connectivity index is 1.73. The van der Waals surface area contributed by atoms with Gasteiger partial charge < -0.3 is 10.4 Å². The van der Waals surface area contributed by atoms with Gasteiger partial charge in [0.05, 0.1) is 12.1 Å². The second kappa shape index (κ2) is 5.94. The van der Waals surface area contributed by atoms with E-state index in [1.807, 2.05) is 18.2 Å². The van der Waals surface area contributed by atoms with Crippen molar-refractivity contribution in [2.75, 3.05) is 6.54 Å². The second-order valence-corrected chi connectivity index (χ2v) is 5.95. The summed E-state index contributed by atoms with van der Waals surface area (Å²) in [6.07, 6.45) is -3.33. The zero-order valence-electron chi connectivity index (χ0n) is 12.7. The monoisotopic (exact) mass is 335 g/mol. The highest BCUT2D eigenvalue weighted by molar-refractivity contribution is 5.94. The van der Waals surface area contributed by atoms with Crippen molar-refractivity contribution < 1.29 is 23.1 Å². The van der Waals surface area contributed by atoms with E-state index < -0.39 is 23.2 Å². The number of carbonyl (C=O) groups excluding carboxylic acids is 1. The van der Waals surface area contributed by atoms with Gasteiger partial charge in [-0.1, -0.05) is 30.3 Å². The summed E-state index contributed by atoms with van der Waals surface area (Å²) in [4.78, 5) is 12.1. The fourth-order valence-corrected chi connectivity index (χ4v) is 3.02. The van der Waals surface area contributed by atoms with E-state index in [9.17, 15) is 23.1 Å². The van der Waals surface area contributed by atoms with Crippen LogP contribution in [0.2, 0.25) is 0 Å². The number of aliphatic hydroxyl groups is 1. The van der Waals surface area contributed by atoms with Gasteiger partial charge in [-0.25, -0.2) is 0 Å². The van der Waals surface area contributed by atoms with Gasteiger partial charge in [0.25, 0.3) is 5.91 Å². The number of nitrogens with one attached hydrogen (secondary N) is 1. The smallest absolute Gasteiger partial charge is 0.383 e. The third-order valence-electron chi connectivity index (χ3n) is 4.32. The van der Waals surface area contributed by atoms with Crippen LogP contribution in [0.15, 0.2) is 48.5 Å². The molecular formula is C18H16F3NO2. The molecule has 1 aliphatic rings. The Morgan fingerprint density at radius 1 is 1.17 bits per heavy atom. The van der Waals surface area contributed by atoms with Crippen LogP contribution in [0.25, 0.3) is 0 Å². The molecule has 0 saturated carbocycles. The summed E-state index contributed by atoms with van der Waals surface area (Å²) in [6.45, 7) is -0.0426. The van der Waals surface area contributed by atoms with Crippen LogP contribution < -0.4 is 5.32 Å². The van der Waals surface area contributed by atoms with E-state index in [1.165, 1.54) is 12.1 Å². The van der Waals surface area contributed by atoms with E-state index in [4.69, 9.17) is 0 Å². The molecule has 0 heterocycles. The largest absolute Gasteiger partial charge is 0.416 e. The summed E-state index contributed by atoms with van der Waals surface area (Å²) < 4.78 is 38.2. The van der Waals surface area contributed by atoms with Gasteiger partial charge >= 0.3 is 6.18 Å². The van der Waals surface area contributed by atoms with Gasteiger partial charge in [-0.05, 0) is 42.2 Å². The van der Waals surface area contributed by atoms with E-state index in [-0.39, 0.29) is 12.1 Å². The summed E-state index contributed by atoms with van der Waals surface area (Å²) in [5.41, 5.74) is -0.365. The van der Waals surface area contributed by atoms with Crippen LogP contribution in [0.4, 0.5) is 13.2 Å². The maximum Gasteiger partial charge on any atom is 0.416 e. The maximum atomic E-state index is 12.7. The molecule has 0 spiro atoms. The van der Waals surface area contributed by atoms with Crippen molar-refractivity contribution in [3.63, 3.8) is 0 Å². The normalized spacial score (nSPS) is 19.8. The van der Waals surface area contributed by atoms with Gasteiger partial charge in [-0.2, -0.15) is 13.2 Å². The van der Waals surface area contributed by atoms with Crippen molar-refractivity contribution in [3.8, 4) is 0 Å². The molecule has 2 aromatic rings. The van der Waals surface area contributed by atoms with Crippen LogP contribution in [-0.4, -0.2) is 17.6 Å². The van der Waals surface area contributed by atoms with Crippen molar-refractivity contribution in [1.29, 1.82) is 0 Å². The topological polar surface area (TPSA) is 49.3 Å². The Bertz CT molecular complexity index is 773. The van der Waals surface area contributed by atoms with E-state index in [0.29, 0.717) is 12.8 Å². The molecule has 1 atom stereocenters. The molecule has 0 saturated heterocycles. The Hall–Kier alpha value is -2.34. The average molecular weight is 335 g/mol. The van der Waals surface area contributed by atoms with Crippen molar-refractivity contribution in [2.24, 2.45) is 0 Å². The number of alkyl halides is 3. The lowest BCUT2D eigenvalue weighted by atomic mass is 9.96. The number of aryl methyl sites for hydroxylation is 1. The molecule has 0 unspecified atom stereocenters. The van der Waals surface area contributed by atoms with E-state index in [2.05, 4.69) is 5.32 Å². The fraction of sp³-hybridized carbons (Fsp3) is 0.278. The molecule has 126 valence electrons. The number of fused-ring (bicyclic) bond motifs is 1. The second-order valence-electron chi connectivity index (χ2n) is 5.95. The Morgan fingerprint density at radius 3 is 2.67 bits per heavy atom. The molecule has 0 radical (unpaired) electrons. The molecule has 1 aliphatic carbocycles. The van der Waals surface area contributed by atoms with Crippen LogP contribution in [0.5, 0.6) is 0 Å². The lowest BCUT2D eigenvalue weighted by Gasteiger charge is -2.24. The minimum absolute atomic E-state index is 0.0426. The molecule has 3 nitrogen and oxygen atoms in total.